The minimum absolute atomic E-state index is 0.157. The first-order valence-electron chi connectivity index (χ1n) is 6.11. The average molecular weight is 300 g/mol. The smallest absolute Gasteiger partial charge is 0.150 e. The maximum absolute atomic E-state index is 11.4. The lowest BCUT2D eigenvalue weighted by atomic mass is 10.1. The molecule has 5 nitrogen and oxygen atoms in total. The van der Waals surface area contributed by atoms with Gasteiger partial charge < -0.3 is 10.3 Å². The van der Waals surface area contributed by atoms with Crippen molar-refractivity contribution in [2.45, 2.75) is 6.42 Å². The van der Waals surface area contributed by atoms with E-state index in [0.29, 0.717) is 29.6 Å². The lowest BCUT2D eigenvalue weighted by Crippen LogP contribution is -2.16. The van der Waals surface area contributed by atoms with Crippen LogP contribution in [0.25, 0.3) is 11.0 Å². The molecule has 0 radical (unpaired) electrons. The molecule has 0 amide bonds. The van der Waals surface area contributed by atoms with E-state index in [0.717, 1.165) is 11.0 Å². The van der Waals surface area contributed by atoms with Gasteiger partial charge in [0.2, 0.25) is 0 Å². The summed E-state index contributed by atoms with van der Waals surface area (Å²) >= 11 is 6.15. The number of aromatic nitrogens is 2. The van der Waals surface area contributed by atoms with E-state index in [1.54, 1.807) is 12.3 Å². The summed E-state index contributed by atoms with van der Waals surface area (Å²) in [5.41, 5.74) is 0.731. The summed E-state index contributed by atoms with van der Waals surface area (Å²) in [4.78, 5) is 7.40. The fourth-order valence-electron chi connectivity index (χ4n) is 2.37. The molecule has 1 aliphatic rings. The van der Waals surface area contributed by atoms with Gasteiger partial charge in [-0.15, -0.1) is 0 Å². The Kier molecular flexibility index (Phi) is 3.14. The fraction of sp³-hybridized carbons (Fsp3) is 0.417. The highest BCUT2D eigenvalue weighted by Crippen LogP contribution is 2.25. The molecule has 2 aromatic rings. The Bertz CT molecular complexity index is 711. The molecular formula is C12H14ClN3O2S. The van der Waals surface area contributed by atoms with Gasteiger partial charge in [-0.3, -0.25) is 0 Å². The maximum atomic E-state index is 11.4. The minimum atomic E-state index is -2.83. The number of fused-ring (bicyclic) bond motifs is 1. The summed E-state index contributed by atoms with van der Waals surface area (Å²) in [6.07, 6.45) is 2.50. The third-order valence-corrected chi connectivity index (χ3v) is 5.53. The number of H-pyrrole nitrogens is 1. The van der Waals surface area contributed by atoms with Crippen LogP contribution in [0.4, 0.5) is 5.82 Å². The van der Waals surface area contributed by atoms with Gasteiger partial charge in [0.05, 0.1) is 16.5 Å². The Morgan fingerprint density at radius 1 is 1.53 bits per heavy atom. The highest BCUT2D eigenvalue weighted by Gasteiger charge is 2.27. The van der Waals surface area contributed by atoms with E-state index in [9.17, 15) is 8.42 Å². The zero-order valence-corrected chi connectivity index (χ0v) is 11.8. The Morgan fingerprint density at radius 3 is 3.11 bits per heavy atom. The molecule has 2 N–H and O–H groups in total. The third kappa shape index (κ3) is 2.69. The van der Waals surface area contributed by atoms with Gasteiger partial charge in [-0.25, -0.2) is 13.4 Å². The molecule has 102 valence electrons. The van der Waals surface area contributed by atoms with Crippen molar-refractivity contribution in [3.05, 3.63) is 23.4 Å². The van der Waals surface area contributed by atoms with Crippen LogP contribution in [0.2, 0.25) is 5.02 Å². The number of pyridine rings is 1. The first-order valence-corrected chi connectivity index (χ1v) is 8.31. The first-order chi connectivity index (χ1) is 9.03. The number of hydrogen-bond acceptors (Lipinski definition) is 4. The fourth-order valence-corrected chi connectivity index (χ4v) is 4.49. The molecule has 0 unspecified atom stereocenters. The van der Waals surface area contributed by atoms with Crippen LogP contribution in [-0.4, -0.2) is 36.4 Å². The van der Waals surface area contributed by atoms with E-state index < -0.39 is 9.84 Å². The predicted octanol–water partition coefficient (Wildman–Crippen LogP) is 2.06. The molecule has 19 heavy (non-hydrogen) atoms. The van der Waals surface area contributed by atoms with Crippen LogP contribution in [0.3, 0.4) is 0 Å². The minimum Gasteiger partial charge on any atom is -0.370 e. The maximum Gasteiger partial charge on any atom is 0.150 e. The Balaban J connectivity index is 1.72. The number of aromatic amines is 1. The first kappa shape index (κ1) is 12.7. The molecule has 1 saturated heterocycles. The van der Waals surface area contributed by atoms with Crippen LogP contribution in [0.5, 0.6) is 0 Å². The second kappa shape index (κ2) is 4.68. The number of sulfone groups is 1. The van der Waals surface area contributed by atoms with Crippen molar-refractivity contribution in [3.63, 3.8) is 0 Å². The Morgan fingerprint density at radius 2 is 2.37 bits per heavy atom. The molecule has 1 fully saturated rings. The van der Waals surface area contributed by atoms with Crippen LogP contribution in [0.15, 0.2) is 18.3 Å². The molecule has 0 spiro atoms. The van der Waals surface area contributed by atoms with Crippen LogP contribution in [0.1, 0.15) is 6.42 Å². The largest absolute Gasteiger partial charge is 0.370 e. The van der Waals surface area contributed by atoms with Crippen molar-refractivity contribution in [1.29, 1.82) is 0 Å². The molecule has 0 saturated carbocycles. The van der Waals surface area contributed by atoms with Gasteiger partial charge in [0, 0.05) is 18.1 Å². The highest BCUT2D eigenvalue weighted by molar-refractivity contribution is 7.91. The van der Waals surface area contributed by atoms with Crippen LogP contribution >= 0.6 is 11.6 Å². The third-order valence-electron chi connectivity index (χ3n) is 3.38. The van der Waals surface area contributed by atoms with E-state index in [4.69, 9.17) is 11.6 Å². The van der Waals surface area contributed by atoms with Gasteiger partial charge >= 0.3 is 0 Å². The molecule has 3 rings (SSSR count). The second-order valence-corrected chi connectivity index (χ2v) is 7.52. The topological polar surface area (TPSA) is 74.8 Å². The van der Waals surface area contributed by atoms with Crippen molar-refractivity contribution in [3.8, 4) is 0 Å². The Labute approximate surface area is 116 Å². The number of anilines is 1. The molecule has 2 aromatic heterocycles. The normalized spacial score (nSPS) is 21.8. The number of halogens is 1. The van der Waals surface area contributed by atoms with Crippen molar-refractivity contribution in [1.82, 2.24) is 9.97 Å². The van der Waals surface area contributed by atoms with Crippen molar-refractivity contribution in [2.75, 3.05) is 23.4 Å². The SMILES string of the molecule is O=S1(=O)CC[C@@H](CNc2cc(Cl)c3cc[nH]c3n2)C1. The summed E-state index contributed by atoms with van der Waals surface area (Å²) in [7, 11) is -2.83. The van der Waals surface area contributed by atoms with Gasteiger partial charge in [-0.2, -0.15) is 0 Å². The molecular weight excluding hydrogens is 286 g/mol. The predicted molar refractivity (Wildman–Crippen MR) is 76.4 cm³/mol. The zero-order chi connectivity index (χ0) is 13.5. The number of nitrogens with zero attached hydrogens (tertiary/aromatic N) is 1. The van der Waals surface area contributed by atoms with E-state index in [1.165, 1.54) is 0 Å². The molecule has 3 heterocycles. The summed E-state index contributed by atoms with van der Waals surface area (Å²) < 4.78 is 22.8. The summed E-state index contributed by atoms with van der Waals surface area (Å²) in [6, 6.07) is 3.64. The summed E-state index contributed by atoms with van der Waals surface area (Å²) in [6.45, 7) is 0.606. The van der Waals surface area contributed by atoms with E-state index in [1.807, 2.05) is 6.07 Å². The Hall–Kier alpha value is -1.27. The molecule has 1 atom stereocenters. The molecule has 0 aliphatic carbocycles. The van der Waals surface area contributed by atoms with E-state index in [2.05, 4.69) is 15.3 Å². The molecule has 0 aromatic carbocycles. The van der Waals surface area contributed by atoms with E-state index in [-0.39, 0.29) is 11.7 Å². The molecule has 7 heteroatoms. The van der Waals surface area contributed by atoms with Gasteiger partial charge in [0.25, 0.3) is 0 Å². The van der Waals surface area contributed by atoms with Gasteiger partial charge in [0.1, 0.15) is 11.5 Å². The average Bonchev–Trinajstić information content (AvgIpc) is 2.93. The number of rotatable bonds is 3. The van der Waals surface area contributed by atoms with Crippen LogP contribution < -0.4 is 5.32 Å². The van der Waals surface area contributed by atoms with Gasteiger partial charge in [0.15, 0.2) is 9.84 Å². The number of nitrogens with one attached hydrogen (secondary N) is 2. The standard InChI is InChI=1S/C12H14ClN3O2S/c13-10-5-11(16-12-9(10)1-3-14-12)15-6-8-2-4-19(17,18)7-8/h1,3,5,8H,2,4,6-7H2,(H2,14,15,16)/t8-/m0/s1. The highest BCUT2D eigenvalue weighted by atomic mass is 35.5. The van der Waals surface area contributed by atoms with Crippen molar-refractivity contribution >= 4 is 38.3 Å². The van der Waals surface area contributed by atoms with Crippen LogP contribution in [0, 0.1) is 5.92 Å². The van der Waals surface area contributed by atoms with Crippen molar-refractivity contribution in [2.24, 2.45) is 5.92 Å². The van der Waals surface area contributed by atoms with Crippen molar-refractivity contribution < 1.29 is 8.42 Å². The monoisotopic (exact) mass is 299 g/mol. The lowest BCUT2D eigenvalue weighted by molar-refractivity contribution is 0.595. The van der Waals surface area contributed by atoms with Crippen LogP contribution in [-0.2, 0) is 9.84 Å². The second-order valence-electron chi connectivity index (χ2n) is 4.88. The molecule has 1 aliphatic heterocycles. The van der Waals surface area contributed by atoms with E-state index >= 15 is 0 Å². The lowest BCUT2D eigenvalue weighted by Gasteiger charge is -2.10. The zero-order valence-electron chi connectivity index (χ0n) is 10.2. The quantitative estimate of drug-likeness (QED) is 0.910. The van der Waals surface area contributed by atoms with Gasteiger partial charge in [-0.05, 0) is 24.5 Å². The van der Waals surface area contributed by atoms with Gasteiger partial charge in [-0.1, -0.05) is 11.6 Å². The number of hydrogen-bond donors (Lipinski definition) is 2. The summed E-state index contributed by atoms with van der Waals surface area (Å²) in [5.74, 6) is 1.39. The summed E-state index contributed by atoms with van der Waals surface area (Å²) in [5, 5.41) is 4.68. The molecule has 0 bridgehead atoms.